The molecule has 0 saturated heterocycles. The first-order valence-electron chi connectivity index (χ1n) is 7.96. The lowest BCUT2D eigenvalue weighted by Gasteiger charge is -2.24. The van der Waals surface area contributed by atoms with Gasteiger partial charge in [-0.1, -0.05) is 55.5 Å². The van der Waals surface area contributed by atoms with Crippen molar-refractivity contribution in [1.82, 2.24) is 4.57 Å². The maximum absolute atomic E-state index is 2.60. The average molecular weight is 273 g/mol. The third-order valence-electron chi connectivity index (χ3n) is 5.69. The van der Waals surface area contributed by atoms with E-state index in [1.807, 2.05) is 0 Å². The lowest BCUT2D eigenvalue weighted by molar-refractivity contribution is 0.472. The molecule has 2 heterocycles. The van der Waals surface area contributed by atoms with Gasteiger partial charge in [0.25, 0.3) is 0 Å². The highest BCUT2D eigenvalue weighted by Crippen LogP contribution is 2.61. The zero-order chi connectivity index (χ0) is 14.0. The number of aromatic nitrogens is 1. The van der Waals surface area contributed by atoms with Crippen LogP contribution < -0.4 is 0 Å². The lowest BCUT2D eigenvalue weighted by atomic mass is 9.90. The molecule has 1 fully saturated rings. The molecule has 0 spiro atoms. The van der Waals surface area contributed by atoms with Gasteiger partial charge in [0.15, 0.2) is 0 Å². The minimum absolute atomic E-state index is 0.405. The summed E-state index contributed by atoms with van der Waals surface area (Å²) in [5, 5.41) is 1.42. The van der Waals surface area contributed by atoms with Crippen molar-refractivity contribution in [3.63, 3.8) is 0 Å². The molecule has 1 saturated carbocycles. The first-order chi connectivity index (χ1) is 10.3. The van der Waals surface area contributed by atoms with Gasteiger partial charge >= 0.3 is 0 Å². The molecular weight excluding hydrogens is 254 g/mol. The topological polar surface area (TPSA) is 4.93 Å². The Morgan fingerprint density at radius 2 is 1.76 bits per heavy atom. The van der Waals surface area contributed by atoms with Crippen molar-refractivity contribution >= 4 is 10.9 Å². The summed E-state index contributed by atoms with van der Waals surface area (Å²) in [6.07, 6.45) is 2.71. The Bertz CT molecular complexity index is 843. The van der Waals surface area contributed by atoms with E-state index < -0.39 is 0 Å². The van der Waals surface area contributed by atoms with Crippen LogP contribution >= 0.6 is 0 Å². The number of nitrogens with zero attached hydrogens (tertiary/aromatic N) is 1. The summed E-state index contributed by atoms with van der Waals surface area (Å²) in [7, 11) is 0. The average Bonchev–Trinajstić information content (AvgIpc) is 3.10. The van der Waals surface area contributed by atoms with Crippen LogP contribution in [0.5, 0.6) is 0 Å². The van der Waals surface area contributed by atoms with E-state index in [1.165, 1.54) is 41.4 Å². The van der Waals surface area contributed by atoms with Gasteiger partial charge in [-0.05, 0) is 30.4 Å². The van der Waals surface area contributed by atoms with Crippen LogP contribution in [0, 0.1) is 5.92 Å². The highest BCUT2D eigenvalue weighted by atomic mass is 15.0. The van der Waals surface area contributed by atoms with E-state index in [1.54, 1.807) is 5.69 Å². The largest absolute Gasteiger partial charge is 0.343 e. The van der Waals surface area contributed by atoms with E-state index in [2.05, 4.69) is 66.1 Å². The molecule has 2 unspecified atom stereocenters. The predicted octanol–water partition coefficient (Wildman–Crippen LogP) is 4.99. The second kappa shape index (κ2) is 3.79. The van der Waals surface area contributed by atoms with E-state index in [9.17, 15) is 0 Å². The summed E-state index contributed by atoms with van der Waals surface area (Å²) < 4.78 is 2.60. The summed E-state index contributed by atoms with van der Waals surface area (Å²) in [4.78, 5) is 0. The predicted molar refractivity (Wildman–Crippen MR) is 87.5 cm³/mol. The van der Waals surface area contributed by atoms with Gasteiger partial charge in [0.2, 0.25) is 0 Å². The zero-order valence-electron chi connectivity index (χ0n) is 12.3. The quantitative estimate of drug-likeness (QED) is 0.588. The number of hydrogen-bond acceptors (Lipinski definition) is 0. The fraction of sp³-hybridized carbons (Fsp3) is 0.300. The molecule has 1 aromatic heterocycles. The second-order valence-corrected chi connectivity index (χ2v) is 6.87. The number of fused-ring (bicyclic) bond motifs is 5. The van der Waals surface area contributed by atoms with Gasteiger partial charge in [-0.3, -0.25) is 0 Å². The third-order valence-corrected chi connectivity index (χ3v) is 5.69. The number of aryl methyl sites for hydroxylation is 1. The highest BCUT2D eigenvalue weighted by Gasteiger charge is 2.56. The zero-order valence-corrected chi connectivity index (χ0v) is 12.3. The smallest absolute Gasteiger partial charge is 0.0489 e. The summed E-state index contributed by atoms with van der Waals surface area (Å²) in [5.74, 6) is 0.900. The van der Waals surface area contributed by atoms with Gasteiger partial charge in [-0.2, -0.15) is 0 Å². The van der Waals surface area contributed by atoms with Gasteiger partial charge in [-0.25, -0.2) is 0 Å². The van der Waals surface area contributed by atoms with Gasteiger partial charge in [0.05, 0.1) is 0 Å². The Labute approximate surface area is 125 Å². The van der Waals surface area contributed by atoms with Crippen molar-refractivity contribution in [3.05, 3.63) is 60.3 Å². The van der Waals surface area contributed by atoms with Crippen LogP contribution in [0.3, 0.4) is 0 Å². The highest BCUT2D eigenvalue weighted by molar-refractivity contribution is 5.99. The van der Waals surface area contributed by atoms with Crippen molar-refractivity contribution in [2.45, 2.75) is 31.7 Å². The summed E-state index contributed by atoms with van der Waals surface area (Å²) in [5.41, 5.74) is 6.26. The third kappa shape index (κ3) is 1.41. The Hall–Kier alpha value is -2.02. The maximum atomic E-state index is 2.60. The summed E-state index contributed by atoms with van der Waals surface area (Å²) in [6.45, 7) is 3.65. The molecule has 1 aliphatic carbocycles. The Balaban J connectivity index is 1.93. The molecule has 1 nitrogen and oxygen atoms in total. The molecule has 2 aromatic carbocycles. The van der Waals surface area contributed by atoms with Gasteiger partial charge in [0, 0.05) is 34.1 Å². The molecule has 21 heavy (non-hydrogen) atoms. The second-order valence-electron chi connectivity index (χ2n) is 6.87. The van der Waals surface area contributed by atoms with Crippen LogP contribution in [-0.2, 0) is 12.0 Å². The molecule has 1 aliphatic heterocycles. The summed E-state index contributed by atoms with van der Waals surface area (Å²) in [6, 6.07) is 19.9. The van der Waals surface area contributed by atoms with Crippen LogP contribution in [0.1, 0.15) is 25.5 Å². The SMILES string of the molecule is CC12CC1CCn1c2c(-c2ccccc2)c2ccccc21. The molecule has 0 amide bonds. The molecule has 3 aromatic rings. The Morgan fingerprint density at radius 1 is 1.00 bits per heavy atom. The first-order valence-corrected chi connectivity index (χ1v) is 7.96. The van der Waals surface area contributed by atoms with Crippen molar-refractivity contribution in [2.75, 3.05) is 0 Å². The van der Waals surface area contributed by atoms with Gasteiger partial charge in [-0.15, -0.1) is 0 Å². The van der Waals surface area contributed by atoms with E-state index in [0.29, 0.717) is 5.41 Å². The Morgan fingerprint density at radius 3 is 2.62 bits per heavy atom. The van der Waals surface area contributed by atoms with Crippen LogP contribution in [0.25, 0.3) is 22.0 Å². The maximum Gasteiger partial charge on any atom is 0.0489 e. The Kier molecular flexibility index (Phi) is 2.10. The molecule has 2 aliphatic rings. The minimum Gasteiger partial charge on any atom is -0.343 e. The normalized spacial score (nSPS) is 26.4. The number of para-hydroxylation sites is 1. The fourth-order valence-electron chi connectivity index (χ4n) is 4.48. The van der Waals surface area contributed by atoms with E-state index >= 15 is 0 Å². The van der Waals surface area contributed by atoms with Crippen molar-refractivity contribution in [1.29, 1.82) is 0 Å². The van der Waals surface area contributed by atoms with E-state index in [4.69, 9.17) is 0 Å². The standard InChI is InChI=1S/C20H19N/c1-20-13-15(20)11-12-21-17-10-6-5-9-16(17)18(19(20)21)14-7-3-2-4-8-14/h2-10,15H,11-13H2,1H3. The van der Waals surface area contributed by atoms with E-state index in [-0.39, 0.29) is 0 Å². The van der Waals surface area contributed by atoms with Crippen LogP contribution in [-0.4, -0.2) is 4.57 Å². The van der Waals surface area contributed by atoms with Crippen molar-refractivity contribution in [2.24, 2.45) is 5.92 Å². The fourth-order valence-corrected chi connectivity index (χ4v) is 4.48. The molecular formula is C20H19N. The van der Waals surface area contributed by atoms with Crippen LogP contribution in [0.15, 0.2) is 54.6 Å². The molecule has 0 radical (unpaired) electrons. The molecule has 0 bridgehead atoms. The molecule has 5 rings (SSSR count). The van der Waals surface area contributed by atoms with Gasteiger partial charge in [0.1, 0.15) is 0 Å². The number of hydrogen-bond donors (Lipinski definition) is 0. The first kappa shape index (κ1) is 11.6. The molecule has 1 heteroatoms. The molecule has 0 N–H and O–H groups in total. The van der Waals surface area contributed by atoms with Crippen molar-refractivity contribution in [3.8, 4) is 11.1 Å². The summed E-state index contributed by atoms with van der Waals surface area (Å²) >= 11 is 0. The van der Waals surface area contributed by atoms with Crippen LogP contribution in [0.4, 0.5) is 0 Å². The number of rotatable bonds is 1. The minimum atomic E-state index is 0.405. The molecule has 104 valence electrons. The van der Waals surface area contributed by atoms with Crippen molar-refractivity contribution < 1.29 is 0 Å². The van der Waals surface area contributed by atoms with Crippen LogP contribution in [0.2, 0.25) is 0 Å². The molecule has 2 atom stereocenters. The lowest BCUT2D eigenvalue weighted by Crippen LogP contribution is -2.19. The number of benzene rings is 2. The monoisotopic (exact) mass is 273 g/mol. The van der Waals surface area contributed by atoms with E-state index in [0.717, 1.165) is 5.92 Å². The van der Waals surface area contributed by atoms with Gasteiger partial charge < -0.3 is 4.57 Å².